The maximum Gasteiger partial charge on any atom is 0.184 e. The molecule has 0 saturated heterocycles. The number of rotatable bonds is 6. The summed E-state index contributed by atoms with van der Waals surface area (Å²) in [4.78, 5) is 0. The van der Waals surface area contributed by atoms with Gasteiger partial charge in [0, 0.05) is 5.92 Å². The van der Waals surface area contributed by atoms with Crippen molar-refractivity contribution in [2.45, 2.75) is 17.6 Å². The van der Waals surface area contributed by atoms with Crippen LogP contribution in [0.5, 0.6) is 0 Å². The second-order valence-electron chi connectivity index (χ2n) is 7.19. The molecule has 0 fully saturated rings. The first-order valence-corrected chi connectivity index (χ1v) is 9.78. The molecule has 0 saturated carbocycles. The fourth-order valence-electron chi connectivity index (χ4n) is 3.96. The summed E-state index contributed by atoms with van der Waals surface area (Å²) in [6.07, 6.45) is -1.46. The lowest BCUT2D eigenvalue weighted by molar-refractivity contribution is -0.129. The van der Waals surface area contributed by atoms with Crippen molar-refractivity contribution in [1.29, 1.82) is 0 Å². The summed E-state index contributed by atoms with van der Waals surface area (Å²) in [5.74, 6) is -0.574. The molecule has 2 radical (unpaired) electrons. The van der Waals surface area contributed by atoms with Crippen LogP contribution in [0.25, 0.3) is 0 Å². The van der Waals surface area contributed by atoms with E-state index in [9.17, 15) is 10.2 Å². The molecule has 29 heavy (non-hydrogen) atoms. The molecular formula is C27H22O2. The minimum atomic E-state index is -1.93. The van der Waals surface area contributed by atoms with Crippen molar-refractivity contribution in [3.05, 3.63) is 144 Å². The maximum absolute atomic E-state index is 14.5. The van der Waals surface area contributed by atoms with Crippen molar-refractivity contribution in [2.75, 3.05) is 0 Å². The maximum atomic E-state index is 14.5. The molecule has 142 valence electrons. The summed E-state index contributed by atoms with van der Waals surface area (Å²) in [5.41, 5.74) is 0.751. The summed E-state index contributed by atoms with van der Waals surface area (Å²) in [7, 11) is 0. The van der Waals surface area contributed by atoms with Crippen LogP contribution in [0, 0.1) is 0 Å². The third-order valence-electron chi connectivity index (χ3n) is 5.43. The van der Waals surface area contributed by atoms with E-state index >= 15 is 0 Å². The van der Waals surface area contributed by atoms with E-state index in [1.54, 1.807) is 24.3 Å². The van der Waals surface area contributed by atoms with Crippen molar-refractivity contribution in [3.8, 4) is 0 Å². The highest BCUT2D eigenvalue weighted by atomic mass is 16.3. The van der Waals surface area contributed by atoms with Crippen LogP contribution in [0.15, 0.2) is 121 Å². The minimum absolute atomic E-state index is 0.489. The van der Waals surface area contributed by atoms with Crippen molar-refractivity contribution < 1.29 is 10.2 Å². The van der Waals surface area contributed by atoms with E-state index in [1.807, 2.05) is 97.1 Å². The van der Waals surface area contributed by atoms with Crippen LogP contribution in [0.4, 0.5) is 0 Å². The van der Waals surface area contributed by atoms with Gasteiger partial charge in [-0.1, -0.05) is 121 Å². The third-order valence-corrected chi connectivity index (χ3v) is 5.43. The molecule has 0 aliphatic rings. The van der Waals surface area contributed by atoms with Gasteiger partial charge in [0.1, 0.15) is 6.10 Å². The first kappa shape index (κ1) is 19.1. The van der Waals surface area contributed by atoms with Gasteiger partial charge >= 0.3 is 0 Å². The monoisotopic (exact) mass is 378 g/mol. The molecule has 0 amide bonds. The van der Waals surface area contributed by atoms with E-state index < -0.39 is 17.6 Å². The van der Waals surface area contributed by atoms with Crippen LogP contribution in [-0.2, 0) is 15.8 Å². The summed E-state index contributed by atoms with van der Waals surface area (Å²) in [6.45, 7) is 0. The molecular weight excluding hydrogens is 356 g/mol. The van der Waals surface area contributed by atoms with E-state index in [-0.39, 0.29) is 0 Å². The highest BCUT2D eigenvalue weighted by Crippen LogP contribution is 2.42. The van der Waals surface area contributed by atoms with Crippen LogP contribution < -0.4 is 0 Å². The number of benzene rings is 4. The Morgan fingerprint density at radius 3 is 1.14 bits per heavy atom. The van der Waals surface area contributed by atoms with E-state index in [2.05, 4.69) is 0 Å². The normalized spacial score (nSPS) is 12.7. The fraction of sp³-hybridized carbons (Fsp3) is 0.111. The van der Waals surface area contributed by atoms with Crippen molar-refractivity contribution in [2.24, 2.45) is 0 Å². The van der Waals surface area contributed by atoms with E-state index in [0.29, 0.717) is 11.1 Å². The third kappa shape index (κ3) is 3.73. The van der Waals surface area contributed by atoms with Crippen molar-refractivity contribution in [3.63, 3.8) is 0 Å². The molecule has 0 aliphatic carbocycles. The Labute approximate surface area is 171 Å². The van der Waals surface area contributed by atoms with Crippen LogP contribution in [0.1, 0.15) is 28.2 Å². The molecule has 1 atom stereocenters. The molecule has 0 bridgehead atoms. The zero-order valence-corrected chi connectivity index (χ0v) is 16.0. The quantitative estimate of drug-likeness (QED) is 0.395. The van der Waals surface area contributed by atoms with Crippen molar-refractivity contribution >= 4 is 0 Å². The lowest BCUT2D eigenvalue weighted by Crippen LogP contribution is -2.42. The van der Waals surface area contributed by atoms with Gasteiger partial charge in [-0.3, -0.25) is 0 Å². The lowest BCUT2D eigenvalue weighted by atomic mass is 9.72. The minimum Gasteiger partial charge on any atom is -0.228 e. The van der Waals surface area contributed by atoms with Gasteiger partial charge in [-0.15, -0.1) is 0 Å². The predicted octanol–water partition coefficient (Wildman–Crippen LogP) is 5.99. The van der Waals surface area contributed by atoms with Gasteiger partial charge in [0.15, 0.2) is 5.60 Å². The summed E-state index contributed by atoms with van der Waals surface area (Å²) < 4.78 is 0. The largest absolute Gasteiger partial charge is 0.228 e. The molecule has 4 aromatic rings. The standard InChI is InChI=1S/C27H22O2/c28-26(25(21-13-5-1-6-14-21)22-15-7-2-8-16-22)27(29,23-17-9-3-10-18-23)24-19-11-4-12-20-24/h1-20,25-26H. The summed E-state index contributed by atoms with van der Waals surface area (Å²) in [5, 5.41) is 28.6. The SMILES string of the molecule is [O]C(C(c1ccccc1)c1ccccc1)C([O])(c1ccccc1)c1ccccc1. The molecule has 2 heteroatoms. The van der Waals surface area contributed by atoms with E-state index in [0.717, 1.165) is 11.1 Å². The van der Waals surface area contributed by atoms with Gasteiger partial charge in [0.25, 0.3) is 0 Å². The smallest absolute Gasteiger partial charge is 0.184 e. The zero-order chi connectivity index (χ0) is 20.1. The second kappa shape index (κ2) is 8.44. The Bertz CT molecular complexity index is 936. The molecule has 2 nitrogen and oxygen atoms in total. The second-order valence-corrected chi connectivity index (χ2v) is 7.19. The highest BCUT2D eigenvalue weighted by Gasteiger charge is 2.47. The number of hydrogen-bond donors (Lipinski definition) is 0. The zero-order valence-electron chi connectivity index (χ0n) is 16.0. The first-order valence-electron chi connectivity index (χ1n) is 9.78. The lowest BCUT2D eigenvalue weighted by Gasteiger charge is -2.35. The van der Waals surface area contributed by atoms with E-state index in [4.69, 9.17) is 0 Å². The molecule has 0 aliphatic heterocycles. The Morgan fingerprint density at radius 1 is 0.483 bits per heavy atom. The molecule has 0 N–H and O–H groups in total. The Balaban J connectivity index is 1.91. The molecule has 1 unspecified atom stereocenters. The Kier molecular flexibility index (Phi) is 5.57. The predicted molar refractivity (Wildman–Crippen MR) is 114 cm³/mol. The molecule has 0 heterocycles. The molecule has 4 rings (SSSR count). The molecule has 0 spiro atoms. The average molecular weight is 378 g/mol. The highest BCUT2D eigenvalue weighted by molar-refractivity contribution is 5.42. The van der Waals surface area contributed by atoms with Crippen LogP contribution in [-0.4, -0.2) is 6.10 Å². The molecule has 4 aromatic carbocycles. The van der Waals surface area contributed by atoms with Crippen LogP contribution in [0.3, 0.4) is 0 Å². The van der Waals surface area contributed by atoms with Crippen LogP contribution in [0.2, 0.25) is 0 Å². The van der Waals surface area contributed by atoms with Crippen LogP contribution >= 0.6 is 0 Å². The van der Waals surface area contributed by atoms with Gasteiger partial charge in [-0.2, -0.15) is 0 Å². The van der Waals surface area contributed by atoms with Gasteiger partial charge in [-0.05, 0) is 22.3 Å². The van der Waals surface area contributed by atoms with Gasteiger partial charge < -0.3 is 0 Å². The van der Waals surface area contributed by atoms with Crippen molar-refractivity contribution in [1.82, 2.24) is 0 Å². The van der Waals surface area contributed by atoms with E-state index in [1.165, 1.54) is 0 Å². The summed E-state index contributed by atoms with van der Waals surface area (Å²) >= 11 is 0. The first-order chi connectivity index (χ1) is 14.2. The van der Waals surface area contributed by atoms with Gasteiger partial charge in [-0.25, -0.2) is 10.2 Å². The fourth-order valence-corrected chi connectivity index (χ4v) is 3.96. The average Bonchev–Trinajstić information content (AvgIpc) is 2.81. The van der Waals surface area contributed by atoms with Gasteiger partial charge in [0.05, 0.1) is 0 Å². The topological polar surface area (TPSA) is 39.8 Å². The Hall–Kier alpha value is -3.20. The number of hydrogen-bond acceptors (Lipinski definition) is 0. The van der Waals surface area contributed by atoms with Gasteiger partial charge in [0.2, 0.25) is 0 Å². The molecule has 0 aromatic heterocycles. The Morgan fingerprint density at radius 2 is 0.793 bits per heavy atom. The summed E-state index contributed by atoms with van der Waals surface area (Å²) in [6, 6.07) is 37.2.